The molecule has 120 valence electrons. The first-order valence-corrected chi connectivity index (χ1v) is 9.11. The van der Waals surface area contributed by atoms with Gasteiger partial charge >= 0.3 is 0 Å². The van der Waals surface area contributed by atoms with Crippen LogP contribution in [0.3, 0.4) is 0 Å². The highest BCUT2D eigenvalue weighted by molar-refractivity contribution is 6.01. The molecule has 4 bridgehead atoms. The van der Waals surface area contributed by atoms with Crippen LogP contribution in [0.2, 0.25) is 0 Å². The van der Waals surface area contributed by atoms with Crippen LogP contribution in [0, 0.1) is 29.6 Å². The number of carbonyl (C=O) groups is 2. The third kappa shape index (κ3) is 2.02. The number of amides is 2. The van der Waals surface area contributed by atoms with Gasteiger partial charge in [0.05, 0.1) is 12.5 Å². The summed E-state index contributed by atoms with van der Waals surface area (Å²) in [6, 6.07) is 10.0. The van der Waals surface area contributed by atoms with E-state index in [1.165, 1.54) is 32.1 Å². The average Bonchev–Trinajstić information content (AvgIpc) is 2.52. The highest BCUT2D eigenvalue weighted by Gasteiger charge is 2.54. The summed E-state index contributed by atoms with van der Waals surface area (Å²) >= 11 is 0. The van der Waals surface area contributed by atoms with Gasteiger partial charge in [-0.05, 0) is 61.3 Å². The van der Waals surface area contributed by atoms with Gasteiger partial charge in [0, 0.05) is 5.92 Å². The van der Waals surface area contributed by atoms with Gasteiger partial charge in [0.2, 0.25) is 11.8 Å². The van der Waals surface area contributed by atoms with E-state index < -0.39 is 0 Å². The molecule has 5 aliphatic rings. The minimum absolute atomic E-state index is 0.0200. The lowest BCUT2D eigenvalue weighted by Crippen LogP contribution is -2.57. The maximum Gasteiger partial charge on any atom is 0.233 e. The van der Waals surface area contributed by atoms with Crippen LogP contribution in [0.1, 0.15) is 50.1 Å². The monoisotopic (exact) mass is 309 g/mol. The van der Waals surface area contributed by atoms with Crippen molar-refractivity contribution in [3.63, 3.8) is 0 Å². The fourth-order valence-electron chi connectivity index (χ4n) is 6.12. The molecule has 5 fully saturated rings. The van der Waals surface area contributed by atoms with Gasteiger partial charge in [-0.25, -0.2) is 0 Å². The summed E-state index contributed by atoms with van der Waals surface area (Å²) in [6.07, 6.45) is 6.78. The van der Waals surface area contributed by atoms with E-state index in [9.17, 15) is 9.59 Å². The lowest BCUT2D eigenvalue weighted by molar-refractivity contribution is -0.168. The van der Waals surface area contributed by atoms with Crippen LogP contribution in [0.4, 0.5) is 0 Å². The summed E-state index contributed by atoms with van der Waals surface area (Å²) in [7, 11) is 0. The van der Waals surface area contributed by atoms with Crippen LogP contribution in [0.5, 0.6) is 0 Å². The Morgan fingerprint density at radius 2 is 1.52 bits per heavy atom. The Hall–Kier alpha value is -1.64. The second-order valence-corrected chi connectivity index (χ2v) is 8.19. The van der Waals surface area contributed by atoms with Crippen molar-refractivity contribution in [2.24, 2.45) is 29.6 Å². The van der Waals surface area contributed by atoms with Crippen LogP contribution >= 0.6 is 0 Å². The first-order chi connectivity index (χ1) is 11.2. The Kier molecular flexibility index (Phi) is 2.95. The van der Waals surface area contributed by atoms with Crippen LogP contribution in [0.25, 0.3) is 0 Å². The highest BCUT2D eigenvalue weighted by Crippen LogP contribution is 2.57. The van der Waals surface area contributed by atoms with Gasteiger partial charge in [0.15, 0.2) is 0 Å². The highest BCUT2D eigenvalue weighted by atomic mass is 16.2. The molecular weight excluding hydrogens is 286 g/mol. The average molecular weight is 309 g/mol. The lowest BCUT2D eigenvalue weighted by Gasteiger charge is -2.55. The van der Waals surface area contributed by atoms with Crippen molar-refractivity contribution in [2.45, 2.75) is 44.6 Å². The van der Waals surface area contributed by atoms with Crippen molar-refractivity contribution in [1.82, 2.24) is 4.90 Å². The number of benzene rings is 1. The Morgan fingerprint density at radius 3 is 2.09 bits per heavy atom. The smallest absolute Gasteiger partial charge is 0.233 e. The summed E-state index contributed by atoms with van der Waals surface area (Å²) in [6.45, 7) is 0. The number of rotatable bonds is 2. The van der Waals surface area contributed by atoms with Crippen molar-refractivity contribution >= 4 is 11.8 Å². The van der Waals surface area contributed by atoms with Gasteiger partial charge in [0.25, 0.3) is 0 Å². The molecule has 0 unspecified atom stereocenters. The number of imide groups is 1. The van der Waals surface area contributed by atoms with E-state index in [4.69, 9.17) is 0 Å². The quantitative estimate of drug-likeness (QED) is 0.619. The molecule has 0 spiro atoms. The van der Waals surface area contributed by atoms with Crippen molar-refractivity contribution in [1.29, 1.82) is 0 Å². The summed E-state index contributed by atoms with van der Waals surface area (Å²) in [4.78, 5) is 27.0. The predicted molar refractivity (Wildman–Crippen MR) is 86.2 cm³/mol. The molecular formula is C20H23NO2. The van der Waals surface area contributed by atoms with Gasteiger partial charge in [0.1, 0.15) is 0 Å². The molecule has 4 saturated carbocycles. The molecule has 0 N–H and O–H groups in total. The van der Waals surface area contributed by atoms with E-state index in [0.29, 0.717) is 18.3 Å². The van der Waals surface area contributed by atoms with Crippen molar-refractivity contribution in [3.05, 3.63) is 35.9 Å². The van der Waals surface area contributed by atoms with Gasteiger partial charge in [-0.15, -0.1) is 0 Å². The molecule has 3 heteroatoms. The number of likely N-dealkylation sites (tertiary alicyclic amines) is 1. The van der Waals surface area contributed by atoms with E-state index >= 15 is 0 Å². The van der Waals surface area contributed by atoms with Crippen LogP contribution in [0.15, 0.2) is 30.3 Å². The van der Waals surface area contributed by atoms with Crippen LogP contribution in [-0.2, 0) is 9.59 Å². The molecule has 1 heterocycles. The zero-order valence-electron chi connectivity index (χ0n) is 13.4. The van der Waals surface area contributed by atoms with E-state index in [0.717, 1.165) is 17.4 Å². The van der Waals surface area contributed by atoms with Crippen LogP contribution < -0.4 is 0 Å². The number of nitrogens with zero attached hydrogens (tertiary/aromatic N) is 1. The molecule has 23 heavy (non-hydrogen) atoms. The van der Waals surface area contributed by atoms with Crippen molar-refractivity contribution < 1.29 is 9.59 Å². The van der Waals surface area contributed by atoms with Gasteiger partial charge in [-0.3, -0.25) is 14.5 Å². The lowest BCUT2D eigenvalue weighted by atomic mass is 9.51. The maximum atomic E-state index is 13.2. The van der Waals surface area contributed by atoms with E-state index in [1.807, 2.05) is 30.3 Å². The molecule has 0 radical (unpaired) electrons. The van der Waals surface area contributed by atoms with Crippen LogP contribution in [-0.4, -0.2) is 16.7 Å². The van der Waals surface area contributed by atoms with Crippen molar-refractivity contribution in [2.75, 3.05) is 0 Å². The first kappa shape index (κ1) is 13.8. The minimum Gasteiger partial charge on any atom is -0.274 e. The fourth-order valence-corrected chi connectivity index (χ4v) is 6.12. The number of hydrogen-bond donors (Lipinski definition) is 0. The molecule has 2 amide bonds. The molecule has 6 rings (SSSR count). The molecule has 0 aromatic heterocycles. The largest absolute Gasteiger partial charge is 0.274 e. The predicted octanol–water partition coefficient (Wildman–Crippen LogP) is 3.56. The second-order valence-electron chi connectivity index (χ2n) is 8.19. The standard InChI is InChI=1S/C20H23NO2/c22-18-11-17(14-4-2-1-3-5-14)21(18)20(23)19-15-7-12-6-13(9-15)10-16(19)8-12/h1-5,12-13,15-17,19H,6-11H2/t12?,13?,15?,16?,17-,19?/m0/s1. The third-order valence-corrected chi connectivity index (χ3v) is 6.88. The Labute approximate surface area is 137 Å². The topological polar surface area (TPSA) is 37.4 Å². The molecule has 1 aliphatic heterocycles. The molecule has 1 atom stereocenters. The SMILES string of the molecule is O=C1C[C@@H](c2ccccc2)N1C(=O)C1C2CC3CC(C2)CC1C3. The molecule has 3 nitrogen and oxygen atoms in total. The minimum atomic E-state index is -0.0200. The third-order valence-electron chi connectivity index (χ3n) is 6.88. The summed E-state index contributed by atoms with van der Waals surface area (Å²) in [5, 5.41) is 0. The second kappa shape index (κ2) is 4.93. The molecule has 1 aromatic rings. The van der Waals surface area contributed by atoms with E-state index in [2.05, 4.69) is 0 Å². The number of hydrogen-bond acceptors (Lipinski definition) is 2. The number of carbonyl (C=O) groups excluding carboxylic acids is 2. The normalized spacial score (nSPS) is 41.0. The molecule has 4 aliphatic carbocycles. The zero-order chi connectivity index (χ0) is 15.6. The van der Waals surface area contributed by atoms with Gasteiger partial charge < -0.3 is 0 Å². The summed E-state index contributed by atoms with van der Waals surface area (Å²) < 4.78 is 0. The van der Waals surface area contributed by atoms with Crippen molar-refractivity contribution in [3.8, 4) is 0 Å². The molecule has 1 saturated heterocycles. The molecule has 1 aromatic carbocycles. The van der Waals surface area contributed by atoms with Gasteiger partial charge in [-0.2, -0.15) is 0 Å². The fraction of sp³-hybridized carbons (Fsp3) is 0.600. The Morgan fingerprint density at radius 1 is 0.913 bits per heavy atom. The van der Waals surface area contributed by atoms with Gasteiger partial charge in [-0.1, -0.05) is 30.3 Å². The van der Waals surface area contributed by atoms with E-state index in [-0.39, 0.29) is 23.8 Å². The van der Waals surface area contributed by atoms with E-state index in [1.54, 1.807) is 4.90 Å². The number of β-lactam (4-membered cyclic amide) rings is 1. The summed E-state index contributed by atoms with van der Waals surface area (Å²) in [5.74, 6) is 3.10. The Balaban J connectivity index is 1.41. The summed E-state index contributed by atoms with van der Waals surface area (Å²) in [5.41, 5.74) is 1.10. The first-order valence-electron chi connectivity index (χ1n) is 9.11. The Bertz CT molecular complexity index is 625. The zero-order valence-corrected chi connectivity index (χ0v) is 13.4. The maximum absolute atomic E-state index is 13.2.